The lowest BCUT2D eigenvalue weighted by atomic mass is 9.82. The molecule has 0 bridgehead atoms. The van der Waals surface area contributed by atoms with Crippen LogP contribution in [0.25, 0.3) is 0 Å². The van der Waals surface area contributed by atoms with Crippen LogP contribution in [0.15, 0.2) is 40.8 Å². The van der Waals surface area contributed by atoms with Crippen molar-refractivity contribution in [3.63, 3.8) is 0 Å². The van der Waals surface area contributed by atoms with Gasteiger partial charge in [-0.25, -0.2) is 4.39 Å². The summed E-state index contributed by atoms with van der Waals surface area (Å²) in [5, 5.41) is 2.99. The van der Waals surface area contributed by atoms with E-state index in [-0.39, 0.29) is 23.2 Å². The normalized spacial score (nSPS) is 13.0. The number of amides is 1. The maximum atomic E-state index is 13.1. The van der Waals surface area contributed by atoms with Crippen molar-refractivity contribution < 1.29 is 13.6 Å². The van der Waals surface area contributed by atoms with Crippen LogP contribution in [0.1, 0.15) is 55.6 Å². The van der Waals surface area contributed by atoms with Crippen LogP contribution in [-0.2, 0) is 6.42 Å². The second kappa shape index (κ2) is 6.34. The van der Waals surface area contributed by atoms with Crippen LogP contribution in [0.3, 0.4) is 0 Å². The van der Waals surface area contributed by atoms with Crippen molar-refractivity contribution in [1.29, 1.82) is 0 Å². The van der Waals surface area contributed by atoms with Gasteiger partial charge in [-0.2, -0.15) is 0 Å². The van der Waals surface area contributed by atoms with E-state index >= 15 is 0 Å². The Labute approximate surface area is 130 Å². The summed E-state index contributed by atoms with van der Waals surface area (Å²) in [4.78, 5) is 12.4. The van der Waals surface area contributed by atoms with Crippen molar-refractivity contribution in [1.82, 2.24) is 5.32 Å². The molecule has 3 nitrogen and oxygen atoms in total. The average Bonchev–Trinajstić information content (AvgIpc) is 2.93. The number of nitrogens with one attached hydrogen (secondary N) is 1. The van der Waals surface area contributed by atoms with Crippen molar-refractivity contribution in [2.75, 3.05) is 0 Å². The fourth-order valence-corrected chi connectivity index (χ4v) is 2.35. The minimum Gasteiger partial charge on any atom is -0.456 e. The van der Waals surface area contributed by atoms with Gasteiger partial charge in [-0.05, 0) is 35.2 Å². The Hall–Kier alpha value is -2.10. The highest BCUT2D eigenvalue weighted by atomic mass is 19.1. The van der Waals surface area contributed by atoms with Gasteiger partial charge < -0.3 is 9.73 Å². The molecule has 1 N–H and O–H groups in total. The van der Waals surface area contributed by atoms with E-state index in [1.807, 2.05) is 27.7 Å². The molecule has 0 saturated heterocycles. The van der Waals surface area contributed by atoms with E-state index in [4.69, 9.17) is 4.42 Å². The summed E-state index contributed by atoms with van der Waals surface area (Å²) in [6, 6.07) is 9.45. The fourth-order valence-electron chi connectivity index (χ4n) is 2.35. The smallest absolute Gasteiger partial charge is 0.287 e. The molecule has 1 unspecified atom stereocenters. The van der Waals surface area contributed by atoms with Crippen LogP contribution >= 0.6 is 0 Å². The third-order valence-corrected chi connectivity index (χ3v) is 3.58. The number of halogens is 1. The first-order valence-electron chi connectivity index (χ1n) is 7.46. The number of carbonyl (C=O) groups excluding carboxylic acids is 1. The predicted molar refractivity (Wildman–Crippen MR) is 84.1 cm³/mol. The lowest BCUT2D eigenvalue weighted by molar-refractivity contribution is 0.0871. The predicted octanol–water partition coefficient (Wildman–Crippen LogP) is 4.50. The Morgan fingerprint density at radius 3 is 2.32 bits per heavy atom. The molecular weight excluding hydrogens is 281 g/mol. The summed E-state index contributed by atoms with van der Waals surface area (Å²) in [5.41, 5.74) is 0.651. The molecule has 0 fully saturated rings. The molecule has 0 saturated carbocycles. The van der Waals surface area contributed by atoms with Crippen molar-refractivity contribution >= 4 is 5.91 Å². The third-order valence-electron chi connectivity index (χ3n) is 3.58. The number of benzene rings is 1. The lowest BCUT2D eigenvalue weighted by Gasteiger charge is -2.31. The Kier molecular flexibility index (Phi) is 4.69. The van der Waals surface area contributed by atoms with Crippen molar-refractivity contribution in [2.24, 2.45) is 5.41 Å². The molecule has 0 aliphatic heterocycles. The Morgan fingerprint density at radius 1 is 1.18 bits per heavy atom. The topological polar surface area (TPSA) is 42.2 Å². The molecule has 118 valence electrons. The maximum Gasteiger partial charge on any atom is 0.287 e. The van der Waals surface area contributed by atoms with Crippen LogP contribution in [0.2, 0.25) is 0 Å². The van der Waals surface area contributed by atoms with Crippen LogP contribution in [0.4, 0.5) is 4.39 Å². The number of rotatable bonds is 4. The molecule has 2 aromatic rings. The number of hydrogen-bond donors (Lipinski definition) is 1. The van der Waals surface area contributed by atoms with Gasteiger partial charge in [-0.1, -0.05) is 39.8 Å². The largest absolute Gasteiger partial charge is 0.456 e. The molecule has 1 aromatic carbocycles. The molecule has 0 aliphatic carbocycles. The summed E-state index contributed by atoms with van der Waals surface area (Å²) in [5.74, 6) is 0.526. The zero-order chi connectivity index (χ0) is 16.3. The van der Waals surface area contributed by atoms with E-state index in [0.717, 1.165) is 17.7 Å². The van der Waals surface area contributed by atoms with Gasteiger partial charge in [-0.3, -0.25) is 4.79 Å². The van der Waals surface area contributed by atoms with Gasteiger partial charge in [0.15, 0.2) is 5.76 Å². The number of hydrogen-bond acceptors (Lipinski definition) is 2. The first-order chi connectivity index (χ1) is 10.3. The zero-order valence-electron chi connectivity index (χ0n) is 13.4. The van der Waals surface area contributed by atoms with Gasteiger partial charge in [0, 0.05) is 6.42 Å². The fraction of sp³-hybridized carbons (Fsp3) is 0.389. The molecule has 22 heavy (non-hydrogen) atoms. The summed E-state index contributed by atoms with van der Waals surface area (Å²) >= 11 is 0. The molecule has 2 rings (SSSR count). The second-order valence-corrected chi connectivity index (χ2v) is 6.44. The highest BCUT2D eigenvalue weighted by Crippen LogP contribution is 2.33. The van der Waals surface area contributed by atoms with Gasteiger partial charge >= 0.3 is 0 Å². The molecule has 0 aliphatic rings. The summed E-state index contributed by atoms with van der Waals surface area (Å²) in [7, 11) is 0. The third kappa shape index (κ3) is 3.75. The van der Waals surface area contributed by atoms with E-state index in [1.54, 1.807) is 24.3 Å². The SMILES string of the molecule is CCc1ccc(C(=O)NC(c2ccc(F)cc2)C(C)(C)C)o1. The molecule has 1 aromatic heterocycles. The van der Waals surface area contributed by atoms with Crippen molar-refractivity contribution in [2.45, 2.75) is 40.2 Å². The van der Waals surface area contributed by atoms with Crippen molar-refractivity contribution in [3.8, 4) is 0 Å². The highest BCUT2D eigenvalue weighted by molar-refractivity contribution is 5.91. The lowest BCUT2D eigenvalue weighted by Crippen LogP contribution is -2.36. The first-order valence-corrected chi connectivity index (χ1v) is 7.46. The number of furan rings is 1. The van der Waals surface area contributed by atoms with Crippen molar-refractivity contribution in [3.05, 3.63) is 59.3 Å². The molecule has 1 atom stereocenters. The summed E-state index contributed by atoms with van der Waals surface area (Å²) < 4.78 is 18.6. The molecule has 4 heteroatoms. The number of aryl methyl sites for hydroxylation is 1. The van der Waals surface area contributed by atoms with Gasteiger partial charge in [-0.15, -0.1) is 0 Å². The quantitative estimate of drug-likeness (QED) is 0.903. The standard InChI is InChI=1S/C18H22FNO2/c1-5-14-10-11-15(22-14)17(21)20-16(18(2,3)4)12-6-8-13(19)9-7-12/h6-11,16H,5H2,1-4H3,(H,20,21). The van der Waals surface area contributed by atoms with Gasteiger partial charge in [0.2, 0.25) is 0 Å². The van der Waals surface area contributed by atoms with Gasteiger partial charge in [0.1, 0.15) is 11.6 Å². The minimum absolute atomic E-state index is 0.215. The highest BCUT2D eigenvalue weighted by Gasteiger charge is 2.29. The first kappa shape index (κ1) is 16.3. The molecule has 1 amide bonds. The van der Waals surface area contributed by atoms with E-state index in [2.05, 4.69) is 5.32 Å². The Balaban J connectivity index is 2.23. The van der Waals surface area contributed by atoms with Crippen LogP contribution < -0.4 is 5.32 Å². The van der Waals surface area contributed by atoms with E-state index in [0.29, 0.717) is 5.76 Å². The second-order valence-electron chi connectivity index (χ2n) is 6.44. The van der Waals surface area contributed by atoms with Crippen LogP contribution in [0.5, 0.6) is 0 Å². The summed E-state index contributed by atoms with van der Waals surface area (Å²) in [6.07, 6.45) is 0.744. The molecule has 0 radical (unpaired) electrons. The van der Waals surface area contributed by atoms with Gasteiger partial charge in [0.05, 0.1) is 6.04 Å². The maximum absolute atomic E-state index is 13.1. The van der Waals surface area contributed by atoms with E-state index < -0.39 is 0 Å². The number of carbonyl (C=O) groups is 1. The summed E-state index contributed by atoms with van der Waals surface area (Å²) in [6.45, 7) is 8.06. The molecule has 1 heterocycles. The zero-order valence-corrected chi connectivity index (χ0v) is 13.4. The minimum atomic E-state index is -0.290. The van der Waals surface area contributed by atoms with E-state index in [9.17, 15) is 9.18 Å². The monoisotopic (exact) mass is 303 g/mol. The van der Waals surface area contributed by atoms with E-state index in [1.165, 1.54) is 12.1 Å². The molecular formula is C18H22FNO2. The van der Waals surface area contributed by atoms with Gasteiger partial charge in [0.25, 0.3) is 5.91 Å². The average molecular weight is 303 g/mol. The van der Waals surface area contributed by atoms with Crippen LogP contribution in [-0.4, -0.2) is 5.91 Å². The Morgan fingerprint density at radius 2 is 1.82 bits per heavy atom. The Bertz CT molecular complexity index is 638. The molecule has 0 spiro atoms. The van der Waals surface area contributed by atoms with Crippen LogP contribution in [0, 0.1) is 11.2 Å².